The number of halogens is 6. The molecule has 19 rings (SSSR count). The Morgan fingerprint density at radius 3 is 1.33 bits per heavy atom. The summed E-state index contributed by atoms with van der Waals surface area (Å²) in [6, 6.07) is 23.9. The molecule has 27 nitrogen and oxygen atoms in total. The van der Waals surface area contributed by atoms with Crippen molar-refractivity contribution < 1.29 is 55.7 Å². The molecule has 6 fully saturated rings. The summed E-state index contributed by atoms with van der Waals surface area (Å²) in [6.07, 6.45) is 14.6. The molecule has 0 bridgehead atoms. The highest BCUT2D eigenvalue weighted by atomic mass is 35.5. The number of likely N-dealkylation sites (tertiary alicyclic amines) is 3. The van der Waals surface area contributed by atoms with E-state index in [1.807, 2.05) is 73.9 Å². The number of piperazine rings is 3. The number of anilines is 4. The monoisotopic (exact) mass is 1830 g/mol. The van der Waals surface area contributed by atoms with Crippen LogP contribution in [0, 0.1) is 52.6 Å². The van der Waals surface area contributed by atoms with E-state index in [4.69, 9.17) is 47.9 Å². The second kappa shape index (κ2) is 37.7. The lowest BCUT2D eigenvalue weighted by Gasteiger charge is -2.42. The Bertz CT molecular complexity index is 6620. The number of benzene rings is 6. The Balaban J connectivity index is 0.000000139. The van der Waals surface area contributed by atoms with Gasteiger partial charge in [0.05, 0.1) is 72.9 Å². The van der Waals surface area contributed by atoms with E-state index < -0.39 is 41.2 Å². The van der Waals surface area contributed by atoms with E-state index in [2.05, 4.69) is 57.5 Å². The molecule has 3 amide bonds. The van der Waals surface area contributed by atoms with Gasteiger partial charge >= 0.3 is 6.61 Å². The summed E-state index contributed by atoms with van der Waals surface area (Å²) in [5.74, 6) is -1.47. The lowest BCUT2D eigenvalue weighted by Crippen LogP contribution is -2.54. The molecule has 2 N–H and O–H groups in total. The predicted molar refractivity (Wildman–Crippen MR) is 500 cm³/mol. The molecule has 6 atom stereocenters. The number of hydrogen-bond donors (Lipinski definition) is 1. The number of nitrogen functional groups attached to an aromatic ring is 1. The van der Waals surface area contributed by atoms with Crippen molar-refractivity contribution >= 4 is 108 Å². The number of aryl methyl sites for hydroxylation is 1. The van der Waals surface area contributed by atoms with Crippen LogP contribution in [0.3, 0.4) is 0 Å². The molecule has 9 aliphatic heterocycles. The summed E-state index contributed by atoms with van der Waals surface area (Å²) < 4.78 is 86.7. The Morgan fingerprint density at radius 2 is 0.917 bits per heavy atom. The van der Waals surface area contributed by atoms with Gasteiger partial charge in [0, 0.05) is 147 Å². The molecule has 1 aliphatic carbocycles. The molecule has 12 heterocycles. The molecule has 6 saturated heterocycles. The van der Waals surface area contributed by atoms with Crippen LogP contribution in [0.25, 0.3) is 72.2 Å². The summed E-state index contributed by atoms with van der Waals surface area (Å²) in [6.45, 7) is 26.5. The highest BCUT2D eigenvalue weighted by Crippen LogP contribution is 2.54. The second-order valence-corrected chi connectivity index (χ2v) is 36.1. The molecule has 0 spiro atoms. The molecular formula is C99H100Cl2F4N16O11. The lowest BCUT2D eigenvalue weighted by molar-refractivity contribution is -0.127. The van der Waals surface area contributed by atoms with Crippen LogP contribution in [0.4, 0.5) is 40.3 Å². The summed E-state index contributed by atoms with van der Waals surface area (Å²) in [4.78, 5) is 111. The van der Waals surface area contributed by atoms with Gasteiger partial charge in [-0.2, -0.15) is 24.6 Å². The first-order valence-corrected chi connectivity index (χ1v) is 45.5. The molecular weight excluding hydrogens is 1740 g/mol. The Kier molecular flexibility index (Phi) is 26.0. The van der Waals surface area contributed by atoms with Crippen LogP contribution in [0.2, 0.25) is 10.0 Å². The smallest absolute Gasteiger partial charge is 0.387 e. The zero-order chi connectivity index (χ0) is 93.1. The summed E-state index contributed by atoms with van der Waals surface area (Å²) in [5.41, 5.74) is 12.0. The van der Waals surface area contributed by atoms with Crippen molar-refractivity contribution in [1.82, 2.24) is 43.1 Å². The minimum absolute atomic E-state index is 0.00327. The van der Waals surface area contributed by atoms with Gasteiger partial charge in [-0.3, -0.25) is 47.3 Å². The van der Waals surface area contributed by atoms with Gasteiger partial charge in [0.1, 0.15) is 72.1 Å². The molecule has 9 aromatic rings. The number of nitrogens with two attached hydrogens (primary N) is 1. The van der Waals surface area contributed by atoms with E-state index in [0.29, 0.717) is 142 Å². The van der Waals surface area contributed by atoms with Crippen molar-refractivity contribution in [2.75, 3.05) is 158 Å². The van der Waals surface area contributed by atoms with Gasteiger partial charge in [-0.05, 0) is 183 Å². The number of ketones is 1. The number of alkyl halides is 2. The number of amides is 3. The van der Waals surface area contributed by atoms with Gasteiger partial charge in [-0.25, -0.2) is 8.78 Å². The minimum Gasteiger partial charge on any atom is -0.489 e. The van der Waals surface area contributed by atoms with E-state index >= 15 is 8.78 Å². The van der Waals surface area contributed by atoms with Gasteiger partial charge in [-0.1, -0.05) is 85.8 Å². The van der Waals surface area contributed by atoms with Crippen LogP contribution in [0.5, 0.6) is 23.0 Å². The Hall–Kier alpha value is -13.0. The van der Waals surface area contributed by atoms with Crippen LogP contribution >= 0.6 is 23.2 Å². The average molecular weight is 1840 g/mol. The van der Waals surface area contributed by atoms with Gasteiger partial charge in [0.25, 0.3) is 16.7 Å². The maximum absolute atomic E-state index is 15.5. The first kappa shape index (κ1) is 91.0. The van der Waals surface area contributed by atoms with Crippen LogP contribution in [-0.4, -0.2) is 229 Å². The standard InChI is InChI=1S/C36H37N5O4.C33H33ClF3N5O4.C30H30ClFN6O3/c1-4-30(43)39-16-17-40(23(3)19-39)33-27-13-12-26(31-22(2)10-11-24-8-7-9-29(42)32(24)31)35-34(27)41(36(44)28(33)18-37)25(21-45-35)20-38-14-5-6-15-38;1-3-26(43)40-12-13-41(19(2)16-40)29-21-14-23(34)27(28-24(35)8-7-9-25(28)46-33(36)37)31-30(21)42(32(44)22(29)15-38)20(18-45-31)17-39-10-5-4-6-11-39;1-3-24(39)36-10-11-37(17(2)14-36)27-19-12-21(31)25(26-22(32)6-4-7-23(26)34)29-28(19)38(30(40)20(27)13-33)18(16-41-29)15-35-8-5-9-35/h4,7-8,10-13,23,25H,1,5-6,9,14-17,19-21H2,2-3H3;3,7-9,14,19-20,33H,1,4-6,10-13,16-18H2,2H3;3-4,6-7,12,17-18H,1,5,8-11,14-16,34H2,2H3/t23-,25?;19-,20?;17-,18?/m000/s1. The molecule has 0 radical (unpaired) electrons. The number of aromatic nitrogens is 3. The van der Waals surface area contributed by atoms with E-state index in [1.54, 1.807) is 36.0 Å². The van der Waals surface area contributed by atoms with Crippen molar-refractivity contribution in [2.24, 2.45) is 0 Å². The van der Waals surface area contributed by atoms with E-state index in [-0.39, 0.29) is 144 Å². The maximum Gasteiger partial charge on any atom is 0.387 e. The minimum atomic E-state index is -3.23. The fourth-order valence-electron chi connectivity index (χ4n) is 21.0. The number of rotatable bonds is 17. The normalized spacial score (nSPS) is 20.5. The van der Waals surface area contributed by atoms with Crippen molar-refractivity contribution in [3.05, 3.63) is 203 Å². The lowest BCUT2D eigenvalue weighted by atomic mass is 9.85. The molecule has 132 heavy (non-hydrogen) atoms. The SMILES string of the molecule is C=CC(=O)N1CCN(c2c(C#N)c(=O)n3c4c(c(-c5c(C)ccc6c5C(=O)CC=C6)ccc24)OCC3CN2CCCC2)[C@@H](C)C1.C=CC(=O)N1CCN(c2c(C#N)c(=O)n3c4c(c(-c5c(F)cccc5OC(F)F)c(Cl)cc24)OCC3CN2CCCCC2)[C@@H](C)C1.C=CC(=O)N1CCN(c2c(C#N)c(=O)n3c4c(c(-c5c(N)cccc5F)c(Cl)cc24)OCC3CN2CCC2)[C@@H](C)C1. The second-order valence-electron chi connectivity index (χ2n) is 35.2. The van der Waals surface area contributed by atoms with Gasteiger partial charge in [0.15, 0.2) is 23.0 Å². The molecule has 33 heteroatoms. The first-order chi connectivity index (χ1) is 63.7. The first-order valence-electron chi connectivity index (χ1n) is 44.8. The van der Waals surface area contributed by atoms with Gasteiger partial charge in [0.2, 0.25) is 17.7 Å². The molecule has 3 aromatic heterocycles. The Labute approximate surface area is 769 Å². The molecule has 3 unspecified atom stereocenters. The molecule has 6 aromatic carbocycles. The summed E-state index contributed by atoms with van der Waals surface area (Å²) >= 11 is 13.8. The topological polar surface area (TPSA) is 298 Å². The molecule has 0 saturated carbocycles. The molecule has 684 valence electrons. The zero-order valence-corrected chi connectivity index (χ0v) is 75.3. The number of ether oxygens (including phenoxy) is 4. The van der Waals surface area contributed by atoms with Crippen LogP contribution < -0.4 is 56.1 Å². The van der Waals surface area contributed by atoms with E-state index in [9.17, 15) is 58.1 Å². The third kappa shape index (κ3) is 16.4. The number of pyridine rings is 3. The third-order valence-electron chi connectivity index (χ3n) is 27.3. The number of allylic oxidation sites excluding steroid dienone is 1. The van der Waals surface area contributed by atoms with Crippen LogP contribution in [-0.2, 0) is 14.4 Å². The predicted octanol–water partition coefficient (Wildman–Crippen LogP) is 14.1. The average Bonchev–Trinajstić information content (AvgIpc) is 0.787. The van der Waals surface area contributed by atoms with Gasteiger partial charge in [-0.15, -0.1) is 0 Å². The fraction of sp³-hybridized carbons (Fsp3) is 0.394. The number of fused-ring (bicyclic) bond motifs is 1. The summed E-state index contributed by atoms with van der Waals surface area (Å²) in [5, 5.41) is 33.2. The zero-order valence-electron chi connectivity index (χ0n) is 73.8. The number of carbonyl (C=O) groups is 4. The number of piperidine rings is 1. The number of nitriles is 3. The molecule has 10 aliphatic rings. The maximum atomic E-state index is 15.5. The number of carbonyl (C=O) groups excluding carboxylic acids is 4. The fourth-order valence-corrected chi connectivity index (χ4v) is 21.6. The number of Topliss-reactive ketones (excluding diaryl/α,β-unsaturated/α-hetero) is 1. The van der Waals surface area contributed by atoms with Crippen molar-refractivity contribution in [3.8, 4) is 74.6 Å². The van der Waals surface area contributed by atoms with Crippen LogP contribution in [0.15, 0.2) is 131 Å². The highest BCUT2D eigenvalue weighted by Gasteiger charge is 2.43. The van der Waals surface area contributed by atoms with Crippen molar-refractivity contribution in [1.29, 1.82) is 15.8 Å². The number of hydrogen-bond acceptors (Lipinski definition) is 21. The Morgan fingerprint density at radius 1 is 0.508 bits per heavy atom. The van der Waals surface area contributed by atoms with Crippen LogP contribution in [0.1, 0.15) is 122 Å². The summed E-state index contributed by atoms with van der Waals surface area (Å²) in [7, 11) is 0. The van der Waals surface area contributed by atoms with Gasteiger partial charge < -0.3 is 68.8 Å². The van der Waals surface area contributed by atoms with E-state index in [0.717, 1.165) is 111 Å². The van der Waals surface area contributed by atoms with Crippen molar-refractivity contribution in [2.45, 2.75) is 116 Å². The highest BCUT2D eigenvalue weighted by molar-refractivity contribution is 6.36. The number of nitrogens with zero attached hydrogens (tertiary/aromatic N) is 15. The van der Waals surface area contributed by atoms with Crippen molar-refractivity contribution in [3.63, 3.8) is 0 Å². The largest absolute Gasteiger partial charge is 0.489 e. The third-order valence-corrected chi connectivity index (χ3v) is 27.9. The quantitative estimate of drug-likeness (QED) is 0.0503. The van der Waals surface area contributed by atoms with E-state index in [1.165, 1.54) is 53.1 Å².